The van der Waals surface area contributed by atoms with E-state index in [-0.39, 0.29) is 30.1 Å². The molecule has 1 aliphatic rings. The molecule has 1 aliphatic carbocycles. The highest BCUT2D eigenvalue weighted by molar-refractivity contribution is 6.30. The van der Waals surface area contributed by atoms with E-state index >= 15 is 0 Å². The molecule has 0 spiro atoms. The summed E-state index contributed by atoms with van der Waals surface area (Å²) in [6, 6.07) is 15.1. The summed E-state index contributed by atoms with van der Waals surface area (Å²) >= 11 is 6.07. The molecule has 4 rings (SSSR count). The number of nitrogens with one attached hydrogen (secondary N) is 1. The van der Waals surface area contributed by atoms with Gasteiger partial charge >= 0.3 is 0 Å². The Morgan fingerprint density at radius 3 is 2.38 bits per heavy atom. The third-order valence-electron chi connectivity index (χ3n) is 5.71. The molecule has 0 bridgehead atoms. The zero-order valence-corrected chi connectivity index (χ0v) is 18.2. The van der Waals surface area contributed by atoms with E-state index in [0.29, 0.717) is 16.1 Å². The lowest BCUT2D eigenvalue weighted by Gasteiger charge is -2.32. The van der Waals surface area contributed by atoms with Crippen molar-refractivity contribution in [3.05, 3.63) is 94.7 Å². The van der Waals surface area contributed by atoms with Crippen LogP contribution in [0.5, 0.6) is 0 Å². The number of carbonyl (C=O) groups excluding carboxylic acids is 2. The van der Waals surface area contributed by atoms with E-state index in [1.807, 2.05) is 0 Å². The molecule has 2 aromatic carbocycles. The molecule has 0 radical (unpaired) electrons. The van der Waals surface area contributed by atoms with Crippen LogP contribution in [0, 0.1) is 5.82 Å². The van der Waals surface area contributed by atoms with E-state index in [0.717, 1.165) is 25.7 Å². The molecule has 1 heterocycles. The lowest BCUT2D eigenvalue weighted by molar-refractivity contribution is -0.126. The summed E-state index contributed by atoms with van der Waals surface area (Å²) in [5.41, 5.74) is 1.32. The fraction of sp³-hybridized carbons (Fsp3) is 0.280. The third-order valence-corrected chi connectivity index (χ3v) is 5.96. The van der Waals surface area contributed by atoms with Crippen LogP contribution in [0.1, 0.15) is 53.4 Å². The molecule has 166 valence electrons. The monoisotopic (exact) mass is 454 g/mol. The Labute approximate surface area is 191 Å². The van der Waals surface area contributed by atoms with Crippen molar-refractivity contribution in [1.29, 1.82) is 0 Å². The highest BCUT2D eigenvalue weighted by Crippen LogP contribution is 2.28. The zero-order valence-electron chi connectivity index (χ0n) is 17.5. The van der Waals surface area contributed by atoms with Crippen LogP contribution in [0.4, 0.5) is 4.39 Å². The lowest BCUT2D eigenvalue weighted by atomic mass is 10.0. The molecule has 0 unspecified atom stereocenters. The second kappa shape index (κ2) is 10.0. The Morgan fingerprint density at radius 2 is 1.75 bits per heavy atom. The largest absolute Gasteiger partial charge is 0.459 e. The van der Waals surface area contributed by atoms with Crippen LogP contribution in [0.25, 0.3) is 0 Å². The van der Waals surface area contributed by atoms with Crippen LogP contribution >= 0.6 is 11.6 Å². The number of carbonyl (C=O) groups is 2. The minimum atomic E-state index is -0.907. The summed E-state index contributed by atoms with van der Waals surface area (Å²) in [5, 5.41) is 3.64. The fourth-order valence-electron chi connectivity index (χ4n) is 4.08. The van der Waals surface area contributed by atoms with Gasteiger partial charge in [-0.2, -0.15) is 0 Å². The number of furan rings is 1. The van der Waals surface area contributed by atoms with Gasteiger partial charge in [-0.3, -0.25) is 9.59 Å². The molecule has 1 aromatic heterocycles. The quantitative estimate of drug-likeness (QED) is 0.511. The summed E-state index contributed by atoms with van der Waals surface area (Å²) in [7, 11) is 0. The van der Waals surface area contributed by atoms with Crippen LogP contribution in [-0.2, 0) is 11.3 Å². The van der Waals surface area contributed by atoms with Gasteiger partial charge in [0.1, 0.15) is 11.9 Å². The fourth-order valence-corrected chi connectivity index (χ4v) is 4.20. The maximum Gasteiger partial charge on any atom is 0.290 e. The minimum Gasteiger partial charge on any atom is -0.459 e. The van der Waals surface area contributed by atoms with Gasteiger partial charge in [0.05, 0.1) is 6.26 Å². The molecule has 0 saturated heterocycles. The summed E-state index contributed by atoms with van der Waals surface area (Å²) in [5.74, 6) is -0.937. The smallest absolute Gasteiger partial charge is 0.290 e. The highest BCUT2D eigenvalue weighted by atomic mass is 35.5. The van der Waals surface area contributed by atoms with Crippen molar-refractivity contribution >= 4 is 23.4 Å². The van der Waals surface area contributed by atoms with Gasteiger partial charge < -0.3 is 14.6 Å². The zero-order chi connectivity index (χ0) is 22.5. The van der Waals surface area contributed by atoms with E-state index in [1.165, 1.54) is 23.3 Å². The molecular formula is C25H24ClFN2O3. The van der Waals surface area contributed by atoms with Crippen molar-refractivity contribution < 1.29 is 18.4 Å². The van der Waals surface area contributed by atoms with Crippen LogP contribution < -0.4 is 5.32 Å². The topological polar surface area (TPSA) is 62.6 Å². The predicted octanol–water partition coefficient (Wildman–Crippen LogP) is 5.51. The van der Waals surface area contributed by atoms with E-state index in [1.54, 1.807) is 48.5 Å². The van der Waals surface area contributed by atoms with Crippen LogP contribution in [-0.4, -0.2) is 22.8 Å². The number of amides is 2. The minimum absolute atomic E-state index is 0.0867. The SMILES string of the molecule is O=C(NC1CCCC1)[C@@H](c1ccc(Cl)cc1)N(Cc1ccc(F)cc1)C(=O)c1ccco1. The molecule has 1 atom stereocenters. The molecule has 1 N–H and O–H groups in total. The normalized spacial score (nSPS) is 14.8. The summed E-state index contributed by atoms with van der Waals surface area (Å²) < 4.78 is 18.8. The van der Waals surface area contributed by atoms with Crippen molar-refractivity contribution in [1.82, 2.24) is 10.2 Å². The standard InChI is InChI=1S/C25H24ClFN2O3/c26-19-11-9-18(10-12-19)23(24(30)28-21-4-1-2-5-21)29(25(31)22-6-3-15-32-22)16-17-7-13-20(27)14-8-17/h3,6-15,21,23H,1-2,4-5,16H2,(H,28,30)/t23-/m1/s1. The van der Waals surface area contributed by atoms with E-state index in [4.69, 9.17) is 16.0 Å². The average molecular weight is 455 g/mol. The van der Waals surface area contributed by atoms with Gasteiger partial charge in [0.25, 0.3) is 5.91 Å². The molecule has 1 saturated carbocycles. The van der Waals surface area contributed by atoms with E-state index < -0.39 is 11.9 Å². The number of rotatable bonds is 7. The third kappa shape index (κ3) is 5.19. The molecule has 7 heteroatoms. The summed E-state index contributed by atoms with van der Waals surface area (Å²) in [6.45, 7) is 0.102. The second-order valence-corrected chi connectivity index (χ2v) is 8.42. The average Bonchev–Trinajstić information content (AvgIpc) is 3.50. The van der Waals surface area contributed by atoms with Crippen LogP contribution in [0.3, 0.4) is 0 Å². The van der Waals surface area contributed by atoms with Crippen molar-refractivity contribution in [2.24, 2.45) is 0 Å². The Kier molecular flexibility index (Phi) is 6.90. The van der Waals surface area contributed by atoms with Crippen LogP contribution in [0.2, 0.25) is 5.02 Å². The van der Waals surface area contributed by atoms with E-state index in [9.17, 15) is 14.0 Å². The van der Waals surface area contributed by atoms with Crippen molar-refractivity contribution in [3.63, 3.8) is 0 Å². The first kappa shape index (κ1) is 22.1. The molecule has 1 fully saturated rings. The molecule has 2 amide bonds. The highest BCUT2D eigenvalue weighted by Gasteiger charge is 2.34. The Morgan fingerprint density at radius 1 is 1.06 bits per heavy atom. The maximum absolute atomic E-state index is 13.5. The summed E-state index contributed by atoms with van der Waals surface area (Å²) in [4.78, 5) is 28.4. The number of halogens is 2. The number of nitrogens with zero attached hydrogens (tertiary/aromatic N) is 1. The number of hydrogen-bond donors (Lipinski definition) is 1. The second-order valence-electron chi connectivity index (χ2n) is 7.98. The van der Waals surface area contributed by atoms with Gasteiger partial charge in [-0.25, -0.2) is 4.39 Å². The number of hydrogen-bond acceptors (Lipinski definition) is 3. The van der Waals surface area contributed by atoms with Crippen molar-refractivity contribution in [2.75, 3.05) is 0 Å². The van der Waals surface area contributed by atoms with Crippen LogP contribution in [0.15, 0.2) is 71.3 Å². The molecule has 5 nitrogen and oxygen atoms in total. The Bertz CT molecular complexity index is 1050. The van der Waals surface area contributed by atoms with Gasteiger partial charge in [0.2, 0.25) is 5.91 Å². The van der Waals surface area contributed by atoms with Gasteiger partial charge in [0.15, 0.2) is 5.76 Å². The predicted molar refractivity (Wildman–Crippen MR) is 120 cm³/mol. The molecular weight excluding hydrogens is 431 g/mol. The maximum atomic E-state index is 13.5. The van der Waals surface area contributed by atoms with E-state index in [2.05, 4.69) is 5.32 Å². The summed E-state index contributed by atoms with van der Waals surface area (Å²) in [6.07, 6.45) is 5.40. The lowest BCUT2D eigenvalue weighted by Crippen LogP contribution is -2.45. The first-order valence-corrected chi connectivity index (χ1v) is 11.0. The molecule has 3 aromatic rings. The van der Waals surface area contributed by atoms with Crippen molar-refractivity contribution in [3.8, 4) is 0 Å². The van der Waals surface area contributed by atoms with Gasteiger partial charge in [-0.15, -0.1) is 0 Å². The molecule has 0 aliphatic heterocycles. The first-order valence-electron chi connectivity index (χ1n) is 10.7. The van der Waals surface area contributed by atoms with Crippen molar-refractivity contribution in [2.45, 2.75) is 44.3 Å². The first-order chi connectivity index (χ1) is 15.5. The number of benzene rings is 2. The Balaban J connectivity index is 1.73. The Hall–Kier alpha value is -3.12. The van der Waals surface area contributed by atoms with Gasteiger partial charge in [0, 0.05) is 17.6 Å². The van der Waals surface area contributed by atoms with Gasteiger partial charge in [-0.05, 0) is 60.4 Å². The van der Waals surface area contributed by atoms with Gasteiger partial charge in [-0.1, -0.05) is 48.7 Å². The molecule has 32 heavy (non-hydrogen) atoms.